The Balaban J connectivity index is 2.19. The molecule has 0 aromatic heterocycles. The Kier molecular flexibility index (Phi) is 5.63. The van der Waals surface area contributed by atoms with Gasteiger partial charge in [0.25, 0.3) is 5.91 Å². The molecular formula is C16H18ClN3O5. The van der Waals surface area contributed by atoms with Crippen LogP contribution in [0.1, 0.15) is 25.8 Å². The maximum Gasteiger partial charge on any atom is 0.413 e. The van der Waals surface area contributed by atoms with Crippen LogP contribution in [0.5, 0.6) is 0 Å². The van der Waals surface area contributed by atoms with Crippen LogP contribution in [0.25, 0.3) is 0 Å². The molecule has 0 spiro atoms. The van der Waals surface area contributed by atoms with Gasteiger partial charge in [0.2, 0.25) is 5.91 Å². The molecule has 1 fully saturated rings. The van der Waals surface area contributed by atoms with Crippen LogP contribution in [0, 0.1) is 0 Å². The lowest BCUT2D eigenvalue weighted by molar-refractivity contribution is -0.135. The zero-order valence-corrected chi connectivity index (χ0v) is 14.6. The summed E-state index contributed by atoms with van der Waals surface area (Å²) in [7, 11) is 0. The topological polar surface area (TPSA) is 105 Å². The van der Waals surface area contributed by atoms with E-state index in [0.29, 0.717) is 10.6 Å². The summed E-state index contributed by atoms with van der Waals surface area (Å²) in [4.78, 5) is 48.9. The molecule has 2 rings (SSSR count). The zero-order chi connectivity index (χ0) is 18.6. The van der Waals surface area contributed by atoms with Crippen molar-refractivity contribution in [2.45, 2.75) is 25.8 Å². The van der Waals surface area contributed by atoms with Gasteiger partial charge in [-0.1, -0.05) is 30.7 Å². The highest BCUT2D eigenvalue weighted by Gasteiger charge is 2.51. The Bertz CT molecular complexity index is 706. The molecule has 0 radical (unpaired) electrons. The van der Waals surface area contributed by atoms with Gasteiger partial charge in [0, 0.05) is 5.02 Å². The highest BCUT2D eigenvalue weighted by molar-refractivity contribution is 6.30. The number of rotatable bonds is 5. The maximum absolute atomic E-state index is 12.8. The lowest BCUT2D eigenvalue weighted by Gasteiger charge is -2.25. The SMILES string of the molecule is CCOC(=O)NC(=O)CN1C(=O)N[C@@](CC)(c2ccc(Cl)cc2)C1=O. The minimum Gasteiger partial charge on any atom is -0.450 e. The van der Waals surface area contributed by atoms with Crippen LogP contribution in [0.2, 0.25) is 5.02 Å². The van der Waals surface area contributed by atoms with E-state index in [-0.39, 0.29) is 13.0 Å². The quantitative estimate of drug-likeness (QED) is 0.772. The molecule has 2 N–H and O–H groups in total. The van der Waals surface area contributed by atoms with E-state index in [9.17, 15) is 19.2 Å². The molecule has 1 aromatic rings. The van der Waals surface area contributed by atoms with Gasteiger partial charge in [-0.15, -0.1) is 0 Å². The van der Waals surface area contributed by atoms with Crippen molar-refractivity contribution in [3.63, 3.8) is 0 Å². The number of amides is 5. The Labute approximate surface area is 149 Å². The summed E-state index contributed by atoms with van der Waals surface area (Å²) in [6.45, 7) is 2.84. The number of benzene rings is 1. The summed E-state index contributed by atoms with van der Waals surface area (Å²) in [6.07, 6.45) is -0.645. The maximum atomic E-state index is 12.8. The second-order valence-corrected chi connectivity index (χ2v) is 5.79. The third-order valence-corrected chi connectivity index (χ3v) is 4.11. The molecule has 0 unspecified atom stereocenters. The van der Waals surface area contributed by atoms with E-state index < -0.39 is 36.0 Å². The van der Waals surface area contributed by atoms with E-state index in [1.165, 1.54) is 0 Å². The van der Waals surface area contributed by atoms with Crippen LogP contribution in [0.3, 0.4) is 0 Å². The molecule has 1 atom stereocenters. The fraction of sp³-hybridized carbons (Fsp3) is 0.375. The van der Waals surface area contributed by atoms with Crippen LogP contribution >= 0.6 is 11.6 Å². The Morgan fingerprint density at radius 2 is 1.88 bits per heavy atom. The first-order valence-electron chi connectivity index (χ1n) is 7.70. The van der Waals surface area contributed by atoms with Gasteiger partial charge < -0.3 is 10.1 Å². The van der Waals surface area contributed by atoms with E-state index >= 15 is 0 Å². The standard InChI is InChI=1S/C16H18ClN3O5/c1-3-16(10-5-7-11(17)8-6-10)13(22)20(14(23)19-16)9-12(21)18-15(24)25-4-2/h5-8H,3-4,9H2,1-2H3,(H,19,23)(H,18,21,24)/t16-/m0/s1. The van der Waals surface area contributed by atoms with Gasteiger partial charge in [-0.3, -0.25) is 19.8 Å². The predicted octanol–water partition coefficient (Wildman–Crippen LogP) is 1.77. The average molecular weight is 368 g/mol. The average Bonchev–Trinajstić information content (AvgIpc) is 2.80. The van der Waals surface area contributed by atoms with Crippen molar-refractivity contribution in [1.29, 1.82) is 0 Å². The van der Waals surface area contributed by atoms with E-state index in [0.717, 1.165) is 4.90 Å². The third-order valence-electron chi connectivity index (χ3n) is 3.86. The molecule has 9 heteroatoms. The number of hydrogen-bond acceptors (Lipinski definition) is 5. The monoisotopic (exact) mass is 367 g/mol. The number of carbonyl (C=O) groups excluding carboxylic acids is 4. The largest absolute Gasteiger partial charge is 0.450 e. The molecule has 1 heterocycles. The van der Waals surface area contributed by atoms with E-state index in [2.05, 4.69) is 10.1 Å². The van der Waals surface area contributed by atoms with Crippen LogP contribution in [0.15, 0.2) is 24.3 Å². The predicted molar refractivity (Wildman–Crippen MR) is 88.8 cm³/mol. The number of carbonyl (C=O) groups is 4. The summed E-state index contributed by atoms with van der Waals surface area (Å²) in [5.41, 5.74) is -0.711. The summed E-state index contributed by atoms with van der Waals surface area (Å²) < 4.78 is 4.59. The van der Waals surface area contributed by atoms with Gasteiger partial charge >= 0.3 is 12.1 Å². The highest BCUT2D eigenvalue weighted by Crippen LogP contribution is 2.32. The molecule has 0 aliphatic carbocycles. The van der Waals surface area contributed by atoms with Crippen molar-refractivity contribution >= 4 is 35.5 Å². The molecule has 1 aliphatic rings. The van der Waals surface area contributed by atoms with Gasteiger partial charge in [0.1, 0.15) is 12.1 Å². The molecule has 0 bridgehead atoms. The minimum atomic E-state index is -1.27. The highest BCUT2D eigenvalue weighted by atomic mass is 35.5. The van der Waals surface area contributed by atoms with Crippen LogP contribution in [0.4, 0.5) is 9.59 Å². The number of urea groups is 1. The van der Waals surface area contributed by atoms with Gasteiger partial charge in [0.15, 0.2) is 0 Å². The van der Waals surface area contributed by atoms with Crippen molar-refractivity contribution in [2.24, 2.45) is 0 Å². The first kappa shape index (κ1) is 18.7. The van der Waals surface area contributed by atoms with Crippen LogP contribution in [-0.2, 0) is 19.9 Å². The third kappa shape index (κ3) is 3.74. The summed E-state index contributed by atoms with van der Waals surface area (Å²) in [6, 6.07) is 5.81. The number of imide groups is 2. The Hall–Kier alpha value is -2.61. The van der Waals surface area contributed by atoms with E-state index in [4.69, 9.17) is 11.6 Å². The molecule has 134 valence electrons. The number of nitrogens with one attached hydrogen (secondary N) is 2. The molecule has 5 amide bonds. The van der Waals surface area contributed by atoms with Crippen LogP contribution < -0.4 is 10.6 Å². The van der Waals surface area contributed by atoms with Crippen LogP contribution in [-0.4, -0.2) is 42.0 Å². The number of hydrogen-bond donors (Lipinski definition) is 2. The lowest BCUT2D eigenvalue weighted by atomic mass is 9.87. The van der Waals surface area contributed by atoms with Gasteiger partial charge in [-0.25, -0.2) is 9.59 Å². The molecule has 1 aromatic carbocycles. The van der Waals surface area contributed by atoms with Crippen molar-refractivity contribution in [1.82, 2.24) is 15.5 Å². The van der Waals surface area contributed by atoms with Crippen molar-refractivity contribution < 1.29 is 23.9 Å². The van der Waals surface area contributed by atoms with E-state index in [1.807, 2.05) is 5.32 Å². The van der Waals surface area contributed by atoms with E-state index in [1.54, 1.807) is 38.1 Å². The molecule has 1 aliphatic heterocycles. The summed E-state index contributed by atoms with van der Waals surface area (Å²) in [5.74, 6) is -1.38. The molecule has 1 saturated heterocycles. The van der Waals surface area contributed by atoms with Crippen molar-refractivity contribution in [3.8, 4) is 0 Å². The number of ether oxygens (including phenoxy) is 1. The molecule has 8 nitrogen and oxygen atoms in total. The van der Waals surface area contributed by atoms with Gasteiger partial charge in [-0.05, 0) is 31.0 Å². The first-order chi connectivity index (χ1) is 11.8. The fourth-order valence-corrected chi connectivity index (χ4v) is 2.73. The Morgan fingerprint density at radius 3 is 2.44 bits per heavy atom. The molecular weight excluding hydrogens is 350 g/mol. The first-order valence-corrected chi connectivity index (χ1v) is 8.08. The minimum absolute atomic E-state index is 0.0950. The van der Waals surface area contributed by atoms with Gasteiger partial charge in [0.05, 0.1) is 6.61 Å². The second-order valence-electron chi connectivity index (χ2n) is 5.36. The number of nitrogens with zero attached hydrogens (tertiary/aromatic N) is 1. The summed E-state index contributed by atoms with van der Waals surface area (Å²) >= 11 is 5.86. The summed E-state index contributed by atoms with van der Waals surface area (Å²) in [5, 5.41) is 5.08. The normalized spacial score (nSPS) is 19.6. The molecule has 0 saturated carbocycles. The van der Waals surface area contributed by atoms with Gasteiger partial charge in [-0.2, -0.15) is 0 Å². The Morgan fingerprint density at radius 1 is 1.24 bits per heavy atom. The lowest BCUT2D eigenvalue weighted by Crippen LogP contribution is -2.45. The number of halogens is 1. The van der Waals surface area contributed by atoms with Crippen molar-refractivity contribution in [2.75, 3.05) is 13.2 Å². The smallest absolute Gasteiger partial charge is 0.413 e. The zero-order valence-electron chi connectivity index (χ0n) is 13.8. The molecule has 25 heavy (non-hydrogen) atoms. The number of alkyl carbamates (subject to hydrolysis) is 1. The second kappa shape index (κ2) is 7.52. The van der Waals surface area contributed by atoms with Crippen molar-refractivity contribution in [3.05, 3.63) is 34.9 Å². The fourth-order valence-electron chi connectivity index (χ4n) is 2.61.